The molecule has 4 rings (SSSR count). The van der Waals surface area contributed by atoms with E-state index in [9.17, 15) is 4.79 Å². The molecule has 3 N–H and O–H groups in total. The number of carbonyl (C=O) groups is 1. The van der Waals surface area contributed by atoms with E-state index in [0.717, 1.165) is 29.5 Å². The van der Waals surface area contributed by atoms with Gasteiger partial charge in [0.25, 0.3) is 0 Å². The number of hydrogen-bond donors (Lipinski definition) is 2. The molecule has 2 aliphatic rings. The lowest BCUT2D eigenvalue weighted by Gasteiger charge is -2.37. The Balaban J connectivity index is 1.57. The Morgan fingerprint density at radius 1 is 1.29 bits per heavy atom. The first-order valence-electron chi connectivity index (χ1n) is 10.9. The number of Topliss-reactive ketones (excluding diaryl/α,β-unsaturated/α-hetero) is 1. The highest BCUT2D eigenvalue weighted by Crippen LogP contribution is 2.32. The number of fused-ring (bicyclic) bond motifs is 1. The van der Waals surface area contributed by atoms with Crippen molar-refractivity contribution in [2.45, 2.75) is 32.6 Å². The summed E-state index contributed by atoms with van der Waals surface area (Å²) in [6.45, 7) is 6.22. The summed E-state index contributed by atoms with van der Waals surface area (Å²) in [4.78, 5) is 16.8. The summed E-state index contributed by atoms with van der Waals surface area (Å²) in [7, 11) is 2.36. The molecule has 164 valence electrons. The summed E-state index contributed by atoms with van der Waals surface area (Å²) < 4.78 is 2.95. The Morgan fingerprint density at radius 2 is 2.06 bits per heavy atom. The lowest BCUT2D eigenvalue weighted by atomic mass is 10.0. The summed E-state index contributed by atoms with van der Waals surface area (Å²) in [6, 6.07) is 5.84. The number of carbonyl (C=O) groups excluding carboxylic acids is 1. The molecule has 0 atom stereocenters. The third-order valence-electron chi connectivity index (χ3n) is 6.23. The molecular weight excluding hydrogens is 412 g/mol. The number of aromatic nitrogens is 2. The summed E-state index contributed by atoms with van der Waals surface area (Å²) in [5.74, 6) is 0.442. The van der Waals surface area contributed by atoms with Gasteiger partial charge in [-0.15, -0.1) is 5.10 Å². The van der Waals surface area contributed by atoms with Crippen LogP contribution in [0.4, 0.5) is 11.5 Å². The molecule has 31 heavy (non-hydrogen) atoms. The van der Waals surface area contributed by atoms with E-state index in [2.05, 4.69) is 17.5 Å². The number of nitrogens with zero attached hydrogens (tertiary/aromatic N) is 4. The standard InChI is InChI=1S/C23H29ClN6O/c1-16-15-17(20(25)19(24)22(16)31)27-21-18-9-4-5-11-29(18)28-23(21)26-10-8-14-30(2)12-6-3-7-13-30/h4-5,9,11,15H,3,6-8,10,12-14H2,1-2H3,(H2-,25,26,28,31)/p+1/b27-17+. The highest BCUT2D eigenvalue weighted by atomic mass is 35.5. The second-order valence-electron chi connectivity index (χ2n) is 8.74. The molecule has 1 aliphatic carbocycles. The number of anilines is 1. The Morgan fingerprint density at radius 3 is 2.84 bits per heavy atom. The summed E-state index contributed by atoms with van der Waals surface area (Å²) >= 11 is 6.14. The van der Waals surface area contributed by atoms with Gasteiger partial charge in [-0.3, -0.25) is 4.79 Å². The van der Waals surface area contributed by atoms with Crippen LogP contribution in [-0.2, 0) is 4.79 Å². The number of nitrogens with two attached hydrogens (primary N) is 1. The van der Waals surface area contributed by atoms with Crippen molar-refractivity contribution in [3.05, 3.63) is 46.8 Å². The summed E-state index contributed by atoms with van der Waals surface area (Å²) in [5.41, 5.74) is 8.85. The molecule has 3 heterocycles. The smallest absolute Gasteiger partial charge is 0.202 e. The predicted molar refractivity (Wildman–Crippen MR) is 126 cm³/mol. The molecule has 2 aromatic heterocycles. The van der Waals surface area contributed by atoms with Crippen LogP contribution in [0.5, 0.6) is 0 Å². The first-order valence-corrected chi connectivity index (χ1v) is 11.3. The molecule has 2 aromatic rings. The lowest BCUT2D eigenvalue weighted by Crippen LogP contribution is -2.48. The average Bonchev–Trinajstić information content (AvgIpc) is 3.11. The third kappa shape index (κ3) is 4.52. The van der Waals surface area contributed by atoms with Crippen molar-refractivity contribution in [2.24, 2.45) is 10.7 Å². The van der Waals surface area contributed by atoms with Crippen molar-refractivity contribution in [1.82, 2.24) is 9.61 Å². The first-order chi connectivity index (χ1) is 14.9. The summed E-state index contributed by atoms with van der Waals surface area (Å²) in [6.07, 6.45) is 8.64. The SMILES string of the molecule is CC1=C/C(=N\c2c(NCCC[N+]3(C)CCCCC3)nn3ccccc23)C(N)=C(Cl)C1=O. The van der Waals surface area contributed by atoms with Gasteiger partial charge in [-0.25, -0.2) is 9.51 Å². The van der Waals surface area contributed by atoms with Crippen LogP contribution in [0.3, 0.4) is 0 Å². The molecule has 0 unspecified atom stereocenters. The van der Waals surface area contributed by atoms with Crippen LogP contribution in [0.1, 0.15) is 32.6 Å². The van der Waals surface area contributed by atoms with E-state index in [1.807, 2.05) is 24.4 Å². The van der Waals surface area contributed by atoms with E-state index < -0.39 is 0 Å². The number of likely N-dealkylation sites (tertiary alicyclic amines) is 1. The lowest BCUT2D eigenvalue weighted by molar-refractivity contribution is -0.914. The van der Waals surface area contributed by atoms with Crippen molar-refractivity contribution in [1.29, 1.82) is 0 Å². The number of halogens is 1. The monoisotopic (exact) mass is 441 g/mol. The minimum absolute atomic E-state index is 0.0169. The van der Waals surface area contributed by atoms with Crippen molar-refractivity contribution < 1.29 is 9.28 Å². The zero-order valence-electron chi connectivity index (χ0n) is 18.2. The number of nitrogens with one attached hydrogen (secondary N) is 1. The molecule has 0 bridgehead atoms. The molecule has 1 aliphatic heterocycles. The highest BCUT2D eigenvalue weighted by molar-refractivity contribution is 6.49. The van der Waals surface area contributed by atoms with E-state index in [4.69, 9.17) is 22.3 Å². The van der Waals surface area contributed by atoms with Gasteiger partial charge in [0.05, 0.1) is 43.6 Å². The van der Waals surface area contributed by atoms with Crippen LogP contribution in [0.25, 0.3) is 5.52 Å². The number of allylic oxidation sites excluding steroid dienone is 3. The van der Waals surface area contributed by atoms with E-state index in [1.54, 1.807) is 17.5 Å². The Kier molecular flexibility index (Phi) is 6.16. The minimum atomic E-state index is -0.259. The number of aliphatic imine (C=N–C) groups is 1. The van der Waals surface area contributed by atoms with Crippen molar-refractivity contribution in [2.75, 3.05) is 38.5 Å². The number of ketones is 1. The highest BCUT2D eigenvalue weighted by Gasteiger charge is 2.25. The molecular formula is C23H30ClN6O+. The fourth-order valence-corrected chi connectivity index (χ4v) is 4.60. The van der Waals surface area contributed by atoms with Crippen LogP contribution in [0.15, 0.2) is 51.8 Å². The van der Waals surface area contributed by atoms with E-state index in [-0.39, 0.29) is 16.5 Å². The third-order valence-corrected chi connectivity index (χ3v) is 6.61. The Labute approximate surface area is 187 Å². The van der Waals surface area contributed by atoms with E-state index >= 15 is 0 Å². The van der Waals surface area contributed by atoms with Gasteiger partial charge in [0.15, 0.2) is 5.82 Å². The van der Waals surface area contributed by atoms with Gasteiger partial charge in [-0.2, -0.15) is 0 Å². The van der Waals surface area contributed by atoms with Crippen molar-refractivity contribution in [3.8, 4) is 0 Å². The minimum Gasteiger partial charge on any atom is -0.396 e. The number of hydrogen-bond acceptors (Lipinski definition) is 5. The molecule has 1 saturated heterocycles. The normalized spacial score (nSPS) is 20.4. The fourth-order valence-electron chi connectivity index (χ4n) is 4.35. The molecule has 8 heteroatoms. The maximum Gasteiger partial charge on any atom is 0.202 e. The number of piperidine rings is 1. The maximum atomic E-state index is 12.1. The molecule has 0 aromatic carbocycles. The van der Waals surface area contributed by atoms with Gasteiger partial charge in [0.2, 0.25) is 5.78 Å². The van der Waals surface area contributed by atoms with Crippen LogP contribution in [-0.4, -0.2) is 58.8 Å². The quantitative estimate of drug-likeness (QED) is 0.406. The zero-order chi connectivity index (χ0) is 22.0. The van der Waals surface area contributed by atoms with E-state index in [0.29, 0.717) is 22.8 Å². The van der Waals surface area contributed by atoms with Gasteiger partial charge >= 0.3 is 0 Å². The molecule has 0 radical (unpaired) electrons. The van der Waals surface area contributed by atoms with Crippen molar-refractivity contribution in [3.63, 3.8) is 0 Å². The average molecular weight is 442 g/mol. The molecule has 0 spiro atoms. The molecule has 7 nitrogen and oxygen atoms in total. The van der Waals surface area contributed by atoms with Crippen LogP contribution in [0.2, 0.25) is 0 Å². The number of quaternary nitrogens is 1. The van der Waals surface area contributed by atoms with Crippen LogP contribution < -0.4 is 11.1 Å². The second kappa shape index (κ2) is 8.85. The largest absolute Gasteiger partial charge is 0.396 e. The Bertz CT molecular complexity index is 1090. The van der Waals surface area contributed by atoms with Crippen LogP contribution in [0, 0.1) is 0 Å². The number of pyridine rings is 1. The van der Waals surface area contributed by atoms with Gasteiger partial charge in [-0.1, -0.05) is 17.7 Å². The van der Waals surface area contributed by atoms with E-state index in [1.165, 1.54) is 32.4 Å². The van der Waals surface area contributed by atoms with Crippen molar-refractivity contribution >= 4 is 40.1 Å². The summed E-state index contributed by atoms with van der Waals surface area (Å²) in [5, 5.41) is 8.16. The predicted octanol–water partition coefficient (Wildman–Crippen LogP) is 3.78. The molecule has 1 fully saturated rings. The molecule has 0 saturated carbocycles. The molecule has 0 amide bonds. The fraction of sp³-hybridized carbons (Fsp3) is 0.435. The van der Waals surface area contributed by atoms with Crippen LogP contribution >= 0.6 is 11.6 Å². The van der Waals surface area contributed by atoms with Gasteiger partial charge in [-0.05, 0) is 44.4 Å². The maximum absolute atomic E-state index is 12.1. The number of rotatable bonds is 6. The van der Waals surface area contributed by atoms with Gasteiger partial charge < -0.3 is 15.5 Å². The Hall–Kier alpha value is -2.64. The van der Waals surface area contributed by atoms with Gasteiger partial charge in [0.1, 0.15) is 10.7 Å². The second-order valence-corrected chi connectivity index (χ2v) is 9.12. The zero-order valence-corrected chi connectivity index (χ0v) is 19.0. The topological polar surface area (TPSA) is 84.8 Å². The van der Waals surface area contributed by atoms with Gasteiger partial charge in [0, 0.05) is 24.7 Å². The first kappa shape index (κ1) is 21.6.